The highest BCUT2D eigenvalue weighted by Crippen LogP contribution is 2.46. The molecule has 0 radical (unpaired) electrons. The Bertz CT molecular complexity index is 232. The fourth-order valence-corrected chi connectivity index (χ4v) is 2.19. The van der Waals surface area contributed by atoms with Crippen molar-refractivity contribution < 1.29 is 9.53 Å². The van der Waals surface area contributed by atoms with Crippen molar-refractivity contribution in [3.63, 3.8) is 0 Å². The van der Waals surface area contributed by atoms with Crippen LogP contribution in [0.2, 0.25) is 0 Å². The summed E-state index contributed by atoms with van der Waals surface area (Å²) in [7, 11) is 1.63. The smallest absolute Gasteiger partial charge is 0.236 e. The van der Waals surface area contributed by atoms with E-state index in [1.807, 2.05) is 18.7 Å². The molecule has 1 saturated carbocycles. The van der Waals surface area contributed by atoms with Crippen LogP contribution in [0.15, 0.2) is 0 Å². The van der Waals surface area contributed by atoms with Crippen LogP contribution in [0.5, 0.6) is 0 Å². The fraction of sp³-hybridized carbons (Fsp3) is 0.909. The molecule has 16 heavy (non-hydrogen) atoms. The van der Waals surface area contributed by atoms with Crippen molar-refractivity contribution in [1.29, 1.82) is 0 Å². The van der Waals surface area contributed by atoms with Crippen LogP contribution in [-0.4, -0.2) is 49.8 Å². The van der Waals surface area contributed by atoms with Gasteiger partial charge in [-0.3, -0.25) is 4.79 Å². The van der Waals surface area contributed by atoms with E-state index in [9.17, 15) is 4.79 Å². The zero-order valence-electron chi connectivity index (χ0n) is 10.3. The third kappa shape index (κ3) is 4.31. The number of carbonyl (C=O) groups is 1. The Balaban J connectivity index is 2.13. The number of methoxy groups -OCH3 is 1. The number of hydrogen-bond donors (Lipinski definition) is 2. The minimum absolute atomic E-state index is 0.0500. The van der Waals surface area contributed by atoms with Gasteiger partial charge >= 0.3 is 0 Å². The van der Waals surface area contributed by atoms with E-state index < -0.39 is 0 Å². The molecule has 0 heterocycles. The first-order chi connectivity index (χ1) is 7.63. The summed E-state index contributed by atoms with van der Waals surface area (Å²) in [6.45, 7) is 3.97. The zero-order valence-corrected chi connectivity index (χ0v) is 11.2. The van der Waals surface area contributed by atoms with E-state index >= 15 is 0 Å². The van der Waals surface area contributed by atoms with Crippen LogP contribution in [0.4, 0.5) is 0 Å². The Morgan fingerprint density at radius 2 is 2.25 bits per heavy atom. The van der Waals surface area contributed by atoms with E-state index in [-0.39, 0.29) is 11.9 Å². The summed E-state index contributed by atoms with van der Waals surface area (Å²) in [4.78, 5) is 11.6. The summed E-state index contributed by atoms with van der Waals surface area (Å²) in [6.07, 6.45) is 4.66. The second-order valence-electron chi connectivity index (χ2n) is 4.27. The molecule has 1 fully saturated rings. The third-order valence-corrected chi connectivity index (χ3v) is 4.39. The second-order valence-corrected chi connectivity index (χ2v) is 5.55. The summed E-state index contributed by atoms with van der Waals surface area (Å²) < 4.78 is 5.28. The molecule has 0 aromatic carbocycles. The normalized spacial score (nSPS) is 19.2. The van der Waals surface area contributed by atoms with Gasteiger partial charge in [-0.1, -0.05) is 0 Å². The van der Waals surface area contributed by atoms with E-state index in [2.05, 4.69) is 16.9 Å². The van der Waals surface area contributed by atoms with E-state index in [1.165, 1.54) is 12.8 Å². The van der Waals surface area contributed by atoms with Crippen molar-refractivity contribution in [3.05, 3.63) is 0 Å². The van der Waals surface area contributed by atoms with Crippen LogP contribution in [0, 0.1) is 0 Å². The Hall–Kier alpha value is -0.260. The van der Waals surface area contributed by atoms with Crippen LogP contribution < -0.4 is 10.6 Å². The highest BCUT2D eigenvalue weighted by molar-refractivity contribution is 8.00. The van der Waals surface area contributed by atoms with Gasteiger partial charge in [0, 0.05) is 24.9 Å². The van der Waals surface area contributed by atoms with Crippen LogP contribution in [0.1, 0.15) is 19.8 Å². The maximum atomic E-state index is 11.6. The standard InChI is InChI=1S/C11H22N2O2S/c1-9(10(14)12-6-7-15-2)13-8-11(16-3)4-5-11/h9,13H,4-8H2,1-3H3,(H,12,14). The van der Waals surface area contributed by atoms with Crippen molar-refractivity contribution >= 4 is 17.7 Å². The maximum Gasteiger partial charge on any atom is 0.236 e. The number of rotatable bonds is 8. The van der Waals surface area contributed by atoms with Crippen molar-refractivity contribution in [2.75, 3.05) is 33.1 Å². The molecule has 1 aliphatic rings. The Morgan fingerprint density at radius 1 is 1.56 bits per heavy atom. The highest BCUT2D eigenvalue weighted by Gasteiger charge is 2.41. The first-order valence-electron chi connectivity index (χ1n) is 5.69. The molecule has 1 atom stereocenters. The summed E-state index contributed by atoms with van der Waals surface area (Å²) in [5.74, 6) is 0.0500. The number of amides is 1. The van der Waals surface area contributed by atoms with Gasteiger partial charge in [0.15, 0.2) is 0 Å². The molecular formula is C11H22N2O2S. The van der Waals surface area contributed by atoms with Crippen LogP contribution in [0.3, 0.4) is 0 Å². The molecule has 0 aromatic rings. The van der Waals surface area contributed by atoms with Gasteiger partial charge in [-0.05, 0) is 26.0 Å². The van der Waals surface area contributed by atoms with E-state index in [0.29, 0.717) is 17.9 Å². The topological polar surface area (TPSA) is 50.4 Å². The van der Waals surface area contributed by atoms with E-state index in [0.717, 1.165) is 6.54 Å². The molecule has 1 aliphatic carbocycles. The number of nitrogens with one attached hydrogen (secondary N) is 2. The van der Waals surface area contributed by atoms with Crippen molar-refractivity contribution in [1.82, 2.24) is 10.6 Å². The average Bonchev–Trinajstić information content (AvgIpc) is 3.07. The van der Waals surface area contributed by atoms with E-state index in [1.54, 1.807) is 7.11 Å². The SMILES string of the molecule is COCCNC(=O)C(C)NCC1(SC)CC1. The molecule has 4 nitrogen and oxygen atoms in total. The summed E-state index contributed by atoms with van der Waals surface area (Å²) in [6, 6.07) is -0.124. The van der Waals surface area contributed by atoms with Gasteiger partial charge in [0.05, 0.1) is 12.6 Å². The summed E-state index contributed by atoms with van der Waals surface area (Å²) in [5.41, 5.74) is 0. The van der Waals surface area contributed by atoms with Crippen molar-refractivity contribution in [2.45, 2.75) is 30.6 Å². The Labute approximate surface area is 102 Å². The second kappa shape index (κ2) is 6.47. The minimum atomic E-state index is -0.124. The van der Waals surface area contributed by atoms with Crippen LogP contribution >= 0.6 is 11.8 Å². The van der Waals surface area contributed by atoms with Gasteiger partial charge in [0.1, 0.15) is 0 Å². The molecule has 1 amide bonds. The van der Waals surface area contributed by atoms with Gasteiger partial charge in [-0.25, -0.2) is 0 Å². The largest absolute Gasteiger partial charge is 0.383 e. The lowest BCUT2D eigenvalue weighted by Gasteiger charge is -2.18. The Kier molecular flexibility index (Phi) is 5.58. The number of hydrogen-bond acceptors (Lipinski definition) is 4. The first kappa shape index (κ1) is 13.8. The quantitative estimate of drug-likeness (QED) is 0.617. The number of ether oxygens (including phenoxy) is 1. The maximum absolute atomic E-state index is 11.6. The first-order valence-corrected chi connectivity index (χ1v) is 6.91. The van der Waals surface area contributed by atoms with Gasteiger partial charge in [0.2, 0.25) is 5.91 Å². The molecule has 0 spiro atoms. The molecule has 94 valence electrons. The molecule has 2 N–H and O–H groups in total. The third-order valence-electron chi connectivity index (χ3n) is 2.97. The monoisotopic (exact) mass is 246 g/mol. The minimum Gasteiger partial charge on any atom is -0.383 e. The van der Waals surface area contributed by atoms with Crippen LogP contribution in [-0.2, 0) is 9.53 Å². The van der Waals surface area contributed by atoms with E-state index in [4.69, 9.17) is 4.74 Å². The summed E-state index contributed by atoms with van der Waals surface area (Å²) in [5, 5.41) is 6.11. The number of thioether (sulfide) groups is 1. The predicted octanol–water partition coefficient (Wildman–Crippen LogP) is 0.623. The lowest BCUT2D eigenvalue weighted by Crippen LogP contribution is -2.45. The Morgan fingerprint density at radius 3 is 2.75 bits per heavy atom. The molecule has 0 saturated heterocycles. The van der Waals surface area contributed by atoms with Crippen molar-refractivity contribution in [3.8, 4) is 0 Å². The lowest BCUT2D eigenvalue weighted by atomic mass is 10.3. The molecular weight excluding hydrogens is 224 g/mol. The average molecular weight is 246 g/mol. The predicted molar refractivity (Wildman–Crippen MR) is 67.8 cm³/mol. The molecule has 5 heteroatoms. The van der Waals surface area contributed by atoms with Gasteiger partial charge < -0.3 is 15.4 Å². The summed E-state index contributed by atoms with van der Waals surface area (Å²) >= 11 is 1.90. The fourth-order valence-electron chi connectivity index (χ4n) is 1.45. The zero-order chi connectivity index (χ0) is 12.0. The highest BCUT2D eigenvalue weighted by atomic mass is 32.2. The molecule has 0 aliphatic heterocycles. The molecule has 1 unspecified atom stereocenters. The van der Waals surface area contributed by atoms with Gasteiger partial charge in [-0.2, -0.15) is 11.8 Å². The number of carbonyl (C=O) groups excluding carboxylic acids is 1. The van der Waals surface area contributed by atoms with Gasteiger partial charge in [-0.15, -0.1) is 0 Å². The molecule has 1 rings (SSSR count). The lowest BCUT2D eigenvalue weighted by molar-refractivity contribution is -0.122. The molecule has 0 aromatic heterocycles. The van der Waals surface area contributed by atoms with Gasteiger partial charge in [0.25, 0.3) is 0 Å². The van der Waals surface area contributed by atoms with Crippen molar-refractivity contribution in [2.24, 2.45) is 0 Å². The molecule has 0 bridgehead atoms. The van der Waals surface area contributed by atoms with Crippen LogP contribution in [0.25, 0.3) is 0 Å².